The summed E-state index contributed by atoms with van der Waals surface area (Å²) in [6.07, 6.45) is 3.39. The summed E-state index contributed by atoms with van der Waals surface area (Å²) in [5, 5.41) is 17.6. The summed E-state index contributed by atoms with van der Waals surface area (Å²) in [5.41, 5.74) is 0.988. The van der Waals surface area contributed by atoms with Gasteiger partial charge in [-0.3, -0.25) is 4.79 Å². The van der Waals surface area contributed by atoms with E-state index in [4.69, 9.17) is 10.2 Å². The van der Waals surface area contributed by atoms with Crippen molar-refractivity contribution in [3.63, 3.8) is 0 Å². The molecule has 5 heteroatoms. The number of rotatable bonds is 6. The molecule has 0 saturated carbocycles. The highest BCUT2D eigenvalue weighted by Gasteiger charge is 2.15. The number of carbonyl (C=O) groups excluding carboxylic acids is 1. The van der Waals surface area contributed by atoms with Crippen molar-refractivity contribution in [1.29, 1.82) is 0 Å². The molecule has 0 aliphatic carbocycles. The van der Waals surface area contributed by atoms with Crippen LogP contribution in [0.4, 0.5) is 0 Å². The van der Waals surface area contributed by atoms with E-state index in [0.29, 0.717) is 24.3 Å². The SMILES string of the molecule is CCCCN(CCO)C(=O)c1ccc(C#CCO)cn1. The van der Waals surface area contributed by atoms with Crippen LogP contribution in [0.25, 0.3) is 0 Å². The number of aliphatic hydroxyl groups is 2. The fraction of sp³-hybridized carbons (Fsp3) is 0.467. The standard InChI is InChI=1S/C15H20N2O3/c1-2-3-8-17(9-11-19)15(20)14-7-6-13(12-16-14)5-4-10-18/h6-7,12,18-19H,2-3,8-11H2,1H3. The number of nitrogens with zero attached hydrogens (tertiary/aromatic N) is 2. The van der Waals surface area contributed by atoms with Crippen LogP contribution in [0.1, 0.15) is 35.8 Å². The molecule has 1 aromatic heterocycles. The van der Waals surface area contributed by atoms with Crippen LogP contribution in [0.5, 0.6) is 0 Å². The van der Waals surface area contributed by atoms with Gasteiger partial charge in [-0.2, -0.15) is 0 Å². The van der Waals surface area contributed by atoms with Crippen LogP contribution < -0.4 is 0 Å². The third-order valence-corrected chi connectivity index (χ3v) is 2.73. The van der Waals surface area contributed by atoms with E-state index in [9.17, 15) is 4.79 Å². The van der Waals surface area contributed by atoms with Crippen LogP contribution in [0, 0.1) is 11.8 Å². The summed E-state index contributed by atoms with van der Waals surface area (Å²) < 4.78 is 0. The Kier molecular flexibility index (Phi) is 7.33. The van der Waals surface area contributed by atoms with E-state index in [1.54, 1.807) is 17.0 Å². The zero-order chi connectivity index (χ0) is 14.8. The van der Waals surface area contributed by atoms with E-state index in [-0.39, 0.29) is 19.1 Å². The lowest BCUT2D eigenvalue weighted by atomic mass is 10.2. The fourth-order valence-corrected chi connectivity index (χ4v) is 1.68. The largest absolute Gasteiger partial charge is 0.395 e. The first-order chi connectivity index (χ1) is 9.72. The quantitative estimate of drug-likeness (QED) is 0.749. The minimum Gasteiger partial charge on any atom is -0.395 e. The molecular weight excluding hydrogens is 256 g/mol. The van der Waals surface area contributed by atoms with Crippen LogP contribution in [0.2, 0.25) is 0 Å². The van der Waals surface area contributed by atoms with Crippen LogP contribution in [0.15, 0.2) is 18.3 Å². The lowest BCUT2D eigenvalue weighted by Gasteiger charge is -2.21. The average Bonchev–Trinajstić information content (AvgIpc) is 2.49. The third-order valence-electron chi connectivity index (χ3n) is 2.73. The summed E-state index contributed by atoms with van der Waals surface area (Å²) in [6.45, 7) is 2.71. The molecule has 5 nitrogen and oxygen atoms in total. The Morgan fingerprint density at radius 1 is 1.35 bits per heavy atom. The maximum atomic E-state index is 12.2. The summed E-state index contributed by atoms with van der Waals surface area (Å²) >= 11 is 0. The Balaban J connectivity index is 2.77. The van der Waals surface area contributed by atoms with E-state index in [2.05, 4.69) is 23.7 Å². The Labute approximate surface area is 119 Å². The molecule has 1 heterocycles. The monoisotopic (exact) mass is 276 g/mol. The molecule has 0 spiro atoms. The smallest absolute Gasteiger partial charge is 0.272 e. The first-order valence-electron chi connectivity index (χ1n) is 6.68. The number of unbranched alkanes of at least 4 members (excludes halogenated alkanes) is 1. The van der Waals surface area contributed by atoms with Crippen molar-refractivity contribution in [3.05, 3.63) is 29.6 Å². The molecule has 0 atom stereocenters. The van der Waals surface area contributed by atoms with Crippen molar-refractivity contribution in [2.45, 2.75) is 19.8 Å². The van der Waals surface area contributed by atoms with Crippen molar-refractivity contribution in [3.8, 4) is 11.8 Å². The van der Waals surface area contributed by atoms with Gasteiger partial charge in [0.1, 0.15) is 12.3 Å². The molecule has 0 fully saturated rings. The molecule has 108 valence electrons. The van der Waals surface area contributed by atoms with E-state index >= 15 is 0 Å². The topological polar surface area (TPSA) is 73.7 Å². The zero-order valence-corrected chi connectivity index (χ0v) is 11.7. The van der Waals surface area contributed by atoms with Crippen molar-refractivity contribution < 1.29 is 15.0 Å². The summed E-state index contributed by atoms with van der Waals surface area (Å²) in [7, 11) is 0. The number of hydrogen-bond acceptors (Lipinski definition) is 4. The maximum Gasteiger partial charge on any atom is 0.272 e. The predicted octanol–water partition coefficient (Wildman–Crippen LogP) is 0.660. The lowest BCUT2D eigenvalue weighted by molar-refractivity contribution is 0.0713. The van der Waals surface area contributed by atoms with E-state index in [1.807, 2.05) is 0 Å². The fourth-order valence-electron chi connectivity index (χ4n) is 1.68. The highest BCUT2D eigenvalue weighted by atomic mass is 16.3. The lowest BCUT2D eigenvalue weighted by Crippen LogP contribution is -2.34. The highest BCUT2D eigenvalue weighted by Crippen LogP contribution is 2.05. The summed E-state index contributed by atoms with van der Waals surface area (Å²) in [6, 6.07) is 3.31. The van der Waals surface area contributed by atoms with Gasteiger partial charge in [0.05, 0.1) is 6.61 Å². The predicted molar refractivity (Wildman–Crippen MR) is 76.1 cm³/mol. The molecule has 1 rings (SSSR count). The third kappa shape index (κ3) is 5.00. The number of aromatic nitrogens is 1. The van der Waals surface area contributed by atoms with Gasteiger partial charge in [0.2, 0.25) is 0 Å². The van der Waals surface area contributed by atoms with Gasteiger partial charge in [-0.05, 0) is 18.6 Å². The molecule has 0 aliphatic heterocycles. The Hall–Kier alpha value is -1.90. The van der Waals surface area contributed by atoms with E-state index < -0.39 is 0 Å². The van der Waals surface area contributed by atoms with Gasteiger partial charge in [0.25, 0.3) is 5.91 Å². The van der Waals surface area contributed by atoms with Crippen LogP contribution >= 0.6 is 0 Å². The molecule has 0 aliphatic rings. The molecular formula is C15H20N2O3. The summed E-state index contributed by atoms with van der Waals surface area (Å²) in [4.78, 5) is 17.9. The van der Waals surface area contributed by atoms with Gasteiger partial charge in [0.15, 0.2) is 0 Å². The van der Waals surface area contributed by atoms with Crippen LogP contribution in [-0.2, 0) is 0 Å². The molecule has 0 saturated heterocycles. The molecule has 0 unspecified atom stereocenters. The van der Waals surface area contributed by atoms with Crippen molar-refractivity contribution in [1.82, 2.24) is 9.88 Å². The first-order valence-corrected chi connectivity index (χ1v) is 6.68. The first kappa shape index (κ1) is 16.2. The van der Waals surface area contributed by atoms with Crippen LogP contribution in [-0.4, -0.2) is 52.3 Å². The van der Waals surface area contributed by atoms with Gasteiger partial charge < -0.3 is 15.1 Å². The van der Waals surface area contributed by atoms with Crippen molar-refractivity contribution in [2.75, 3.05) is 26.3 Å². The second kappa shape index (κ2) is 9.08. The Morgan fingerprint density at radius 2 is 2.15 bits per heavy atom. The van der Waals surface area contributed by atoms with Crippen LogP contribution in [0.3, 0.4) is 0 Å². The normalized spacial score (nSPS) is 9.75. The summed E-state index contributed by atoms with van der Waals surface area (Å²) in [5.74, 6) is 5.06. The highest BCUT2D eigenvalue weighted by molar-refractivity contribution is 5.92. The van der Waals surface area contributed by atoms with Crippen molar-refractivity contribution >= 4 is 5.91 Å². The minimum absolute atomic E-state index is 0.0600. The van der Waals surface area contributed by atoms with E-state index in [1.165, 1.54) is 6.20 Å². The van der Waals surface area contributed by atoms with E-state index in [0.717, 1.165) is 12.8 Å². The molecule has 2 N–H and O–H groups in total. The molecule has 20 heavy (non-hydrogen) atoms. The van der Waals surface area contributed by atoms with Crippen molar-refractivity contribution in [2.24, 2.45) is 0 Å². The molecule has 0 bridgehead atoms. The average molecular weight is 276 g/mol. The number of hydrogen-bond donors (Lipinski definition) is 2. The van der Waals surface area contributed by atoms with Gasteiger partial charge >= 0.3 is 0 Å². The number of carbonyl (C=O) groups is 1. The second-order valence-corrected chi connectivity index (χ2v) is 4.26. The Morgan fingerprint density at radius 3 is 2.70 bits per heavy atom. The second-order valence-electron chi connectivity index (χ2n) is 4.26. The van der Waals surface area contributed by atoms with Gasteiger partial charge in [-0.15, -0.1) is 0 Å². The van der Waals surface area contributed by atoms with Gasteiger partial charge in [-0.25, -0.2) is 4.98 Å². The molecule has 0 aromatic carbocycles. The Bertz CT molecular complexity index is 474. The maximum absolute atomic E-state index is 12.2. The minimum atomic E-state index is -0.206. The van der Waals surface area contributed by atoms with Gasteiger partial charge in [0, 0.05) is 24.8 Å². The number of amides is 1. The molecule has 0 radical (unpaired) electrons. The molecule has 1 amide bonds. The van der Waals surface area contributed by atoms with Gasteiger partial charge in [-0.1, -0.05) is 25.2 Å². The molecule has 1 aromatic rings. The zero-order valence-electron chi connectivity index (χ0n) is 11.7. The number of aliphatic hydroxyl groups excluding tert-OH is 2. The number of pyridine rings is 1.